The van der Waals surface area contributed by atoms with Crippen LogP contribution in [0.2, 0.25) is 5.02 Å². The zero-order valence-corrected chi connectivity index (χ0v) is 19.7. The van der Waals surface area contributed by atoms with Crippen molar-refractivity contribution in [3.05, 3.63) is 28.8 Å². The van der Waals surface area contributed by atoms with E-state index in [1.165, 1.54) is 6.42 Å². The van der Waals surface area contributed by atoms with Crippen LogP contribution in [0.15, 0.2) is 23.2 Å². The predicted octanol–water partition coefficient (Wildman–Crippen LogP) is 3.79. The maximum Gasteiger partial charge on any atom is 0.190 e. The summed E-state index contributed by atoms with van der Waals surface area (Å²) in [5.74, 6) is 1.61. The van der Waals surface area contributed by atoms with E-state index < -0.39 is 0 Å². The molecule has 0 bridgehead atoms. The Kier molecular flexibility index (Phi) is 13.9. The average molecular weight is 497 g/mol. The second-order valence-corrected chi connectivity index (χ2v) is 6.82. The molecule has 0 aliphatic rings. The first-order chi connectivity index (χ1) is 12.0. The van der Waals surface area contributed by atoms with Crippen LogP contribution in [0.1, 0.15) is 32.3 Å². The molecule has 1 aromatic rings. The monoisotopic (exact) mass is 496 g/mol. The van der Waals surface area contributed by atoms with Crippen LogP contribution in [0.25, 0.3) is 0 Å². The number of ether oxygens (including phenoxy) is 1. The fourth-order valence-electron chi connectivity index (χ4n) is 2.35. The Balaban J connectivity index is 0.00000625. The fourth-order valence-corrected chi connectivity index (χ4v) is 2.61. The molecule has 0 saturated carbocycles. The largest absolute Gasteiger partial charge is 0.497 e. The van der Waals surface area contributed by atoms with Gasteiger partial charge in [-0.1, -0.05) is 17.7 Å². The van der Waals surface area contributed by atoms with E-state index in [-0.39, 0.29) is 24.0 Å². The molecule has 0 amide bonds. The quantitative estimate of drug-likeness (QED) is 0.224. The van der Waals surface area contributed by atoms with Crippen LogP contribution in [0.5, 0.6) is 5.75 Å². The van der Waals surface area contributed by atoms with Crippen molar-refractivity contribution >= 4 is 41.5 Å². The van der Waals surface area contributed by atoms with Crippen LogP contribution in [-0.4, -0.2) is 57.7 Å². The average Bonchev–Trinajstić information content (AvgIpc) is 2.60. The summed E-state index contributed by atoms with van der Waals surface area (Å²) in [7, 11) is 5.61. The summed E-state index contributed by atoms with van der Waals surface area (Å²) in [4.78, 5) is 6.63. The smallest absolute Gasteiger partial charge is 0.190 e. The van der Waals surface area contributed by atoms with Gasteiger partial charge in [-0.2, -0.15) is 0 Å². The van der Waals surface area contributed by atoms with Gasteiger partial charge in [0.15, 0.2) is 5.96 Å². The minimum Gasteiger partial charge on any atom is -0.497 e. The third-order valence-electron chi connectivity index (χ3n) is 4.28. The number of benzene rings is 1. The van der Waals surface area contributed by atoms with E-state index in [1.807, 2.05) is 18.2 Å². The van der Waals surface area contributed by atoms with Crippen LogP contribution in [0.3, 0.4) is 0 Å². The van der Waals surface area contributed by atoms with Crippen LogP contribution in [-0.2, 0) is 6.42 Å². The van der Waals surface area contributed by atoms with Gasteiger partial charge in [-0.3, -0.25) is 4.99 Å². The Hall–Kier alpha value is -0.730. The van der Waals surface area contributed by atoms with E-state index >= 15 is 0 Å². The SMILES string of the molecule is CN=C(NCCCCN(C)C(C)C)NCCc1ccc(OC)cc1Cl.I. The number of methoxy groups -OCH3 is 1. The number of aliphatic imine (C=N–C) groups is 1. The van der Waals surface area contributed by atoms with E-state index in [2.05, 4.69) is 41.4 Å². The zero-order chi connectivity index (χ0) is 18.7. The highest BCUT2D eigenvalue weighted by molar-refractivity contribution is 14.0. The molecule has 1 rings (SSSR count). The van der Waals surface area contributed by atoms with Crippen molar-refractivity contribution in [2.24, 2.45) is 4.99 Å². The lowest BCUT2D eigenvalue weighted by Crippen LogP contribution is -2.39. The lowest BCUT2D eigenvalue weighted by atomic mass is 10.1. The highest BCUT2D eigenvalue weighted by atomic mass is 127. The Morgan fingerprint density at radius 1 is 1.23 bits per heavy atom. The van der Waals surface area contributed by atoms with Gasteiger partial charge < -0.3 is 20.3 Å². The van der Waals surface area contributed by atoms with Crippen molar-refractivity contribution in [1.29, 1.82) is 0 Å². The molecule has 5 nitrogen and oxygen atoms in total. The van der Waals surface area contributed by atoms with Gasteiger partial charge in [0, 0.05) is 31.2 Å². The van der Waals surface area contributed by atoms with Crippen molar-refractivity contribution in [3.8, 4) is 5.75 Å². The third kappa shape index (κ3) is 9.83. The maximum atomic E-state index is 6.27. The van der Waals surface area contributed by atoms with Crippen LogP contribution in [0.4, 0.5) is 0 Å². The van der Waals surface area contributed by atoms with Gasteiger partial charge in [0.2, 0.25) is 0 Å². The van der Waals surface area contributed by atoms with E-state index in [4.69, 9.17) is 16.3 Å². The molecule has 26 heavy (non-hydrogen) atoms. The Bertz CT molecular complexity index is 540. The summed E-state index contributed by atoms with van der Waals surface area (Å²) < 4.78 is 5.17. The molecule has 0 saturated heterocycles. The minimum atomic E-state index is 0. The number of rotatable bonds is 10. The second kappa shape index (κ2) is 14.3. The van der Waals surface area contributed by atoms with Gasteiger partial charge in [0.05, 0.1) is 7.11 Å². The standard InChI is InChI=1S/C19H33ClN4O.HI/c1-15(2)24(4)13-7-6-11-22-19(21-3)23-12-10-16-8-9-17(25-5)14-18(16)20;/h8-9,14-15H,6-7,10-13H2,1-5H3,(H2,21,22,23);1H. The summed E-state index contributed by atoms with van der Waals surface area (Å²) in [6.45, 7) is 7.27. The van der Waals surface area contributed by atoms with E-state index in [0.717, 1.165) is 54.8 Å². The predicted molar refractivity (Wildman–Crippen MR) is 123 cm³/mol. The van der Waals surface area contributed by atoms with Crippen LogP contribution >= 0.6 is 35.6 Å². The molecule has 0 spiro atoms. The van der Waals surface area contributed by atoms with E-state index in [0.29, 0.717) is 6.04 Å². The number of halogens is 2. The highest BCUT2D eigenvalue weighted by Gasteiger charge is 2.04. The number of hydrogen-bond donors (Lipinski definition) is 2. The summed E-state index contributed by atoms with van der Waals surface area (Å²) in [6, 6.07) is 6.39. The lowest BCUT2D eigenvalue weighted by Gasteiger charge is -2.20. The van der Waals surface area contributed by atoms with E-state index in [9.17, 15) is 0 Å². The van der Waals surface area contributed by atoms with Gasteiger partial charge >= 0.3 is 0 Å². The molecule has 0 radical (unpaired) electrons. The van der Waals surface area contributed by atoms with Gasteiger partial charge in [0.25, 0.3) is 0 Å². The van der Waals surface area contributed by atoms with Crippen molar-refractivity contribution in [2.45, 2.75) is 39.2 Å². The molecule has 0 heterocycles. The second-order valence-electron chi connectivity index (χ2n) is 6.41. The Morgan fingerprint density at radius 3 is 2.50 bits per heavy atom. The summed E-state index contributed by atoms with van der Waals surface area (Å²) in [5, 5.41) is 7.42. The molecule has 0 unspecified atom stereocenters. The van der Waals surface area contributed by atoms with Crippen LogP contribution in [0, 0.1) is 0 Å². The molecule has 1 aromatic carbocycles. The van der Waals surface area contributed by atoms with Crippen molar-refractivity contribution < 1.29 is 4.74 Å². The van der Waals surface area contributed by atoms with Gasteiger partial charge in [-0.25, -0.2) is 0 Å². The van der Waals surface area contributed by atoms with Gasteiger partial charge in [-0.05, 0) is 64.4 Å². The minimum absolute atomic E-state index is 0. The number of hydrogen-bond acceptors (Lipinski definition) is 3. The van der Waals surface area contributed by atoms with E-state index in [1.54, 1.807) is 14.2 Å². The highest BCUT2D eigenvalue weighted by Crippen LogP contribution is 2.22. The number of nitrogens with one attached hydrogen (secondary N) is 2. The number of unbranched alkanes of at least 4 members (excludes halogenated alkanes) is 1. The summed E-state index contributed by atoms with van der Waals surface area (Å²) in [6.07, 6.45) is 3.14. The van der Waals surface area contributed by atoms with Gasteiger partial charge in [0.1, 0.15) is 5.75 Å². The molecule has 2 N–H and O–H groups in total. The van der Waals surface area contributed by atoms with Crippen LogP contribution < -0.4 is 15.4 Å². The number of guanidine groups is 1. The molecule has 0 aliphatic heterocycles. The molecule has 0 aliphatic carbocycles. The molecule has 7 heteroatoms. The van der Waals surface area contributed by atoms with Gasteiger partial charge in [-0.15, -0.1) is 24.0 Å². The Morgan fingerprint density at radius 2 is 1.92 bits per heavy atom. The van der Waals surface area contributed by atoms with Crippen molar-refractivity contribution in [1.82, 2.24) is 15.5 Å². The summed E-state index contributed by atoms with van der Waals surface area (Å²) in [5.41, 5.74) is 1.10. The number of nitrogens with zero attached hydrogens (tertiary/aromatic N) is 2. The lowest BCUT2D eigenvalue weighted by molar-refractivity contribution is 0.268. The molecule has 150 valence electrons. The first kappa shape index (κ1) is 25.3. The first-order valence-corrected chi connectivity index (χ1v) is 9.33. The van der Waals surface area contributed by atoms with Crippen molar-refractivity contribution in [3.63, 3.8) is 0 Å². The molecule has 0 aromatic heterocycles. The Labute approximate surface area is 180 Å². The molecule has 0 fully saturated rings. The first-order valence-electron chi connectivity index (χ1n) is 8.95. The maximum absolute atomic E-state index is 6.27. The zero-order valence-electron chi connectivity index (χ0n) is 16.6. The molecule has 0 atom stereocenters. The summed E-state index contributed by atoms with van der Waals surface area (Å²) >= 11 is 6.27. The van der Waals surface area contributed by atoms with Crippen molar-refractivity contribution in [2.75, 3.05) is 40.8 Å². The topological polar surface area (TPSA) is 48.9 Å². The normalized spacial score (nSPS) is 11.5. The third-order valence-corrected chi connectivity index (χ3v) is 4.63. The fraction of sp³-hybridized carbons (Fsp3) is 0.632. The molecular formula is C19H34ClIN4O. The molecular weight excluding hydrogens is 463 g/mol.